The predicted octanol–water partition coefficient (Wildman–Crippen LogP) is 2.21. The van der Waals surface area contributed by atoms with Gasteiger partial charge >= 0.3 is 0 Å². The molecule has 0 unspecified atom stereocenters. The highest BCUT2D eigenvalue weighted by Gasteiger charge is 1.90. The topological polar surface area (TPSA) is 30.5 Å². The van der Waals surface area contributed by atoms with Crippen LogP contribution in [0.1, 0.15) is 39.0 Å². The van der Waals surface area contributed by atoms with E-state index in [4.69, 9.17) is 9.47 Å². The summed E-state index contributed by atoms with van der Waals surface area (Å²) in [6.07, 6.45) is 6.72. The second-order valence-corrected chi connectivity index (χ2v) is 3.77. The molecule has 0 saturated heterocycles. The SMILES string of the molecule is CCCCCCCNCCOCCOC. The van der Waals surface area contributed by atoms with Crippen molar-refractivity contribution in [2.45, 2.75) is 39.0 Å². The zero-order valence-corrected chi connectivity index (χ0v) is 10.4. The van der Waals surface area contributed by atoms with E-state index in [0.29, 0.717) is 13.2 Å². The minimum absolute atomic E-state index is 0.691. The number of methoxy groups -OCH3 is 1. The van der Waals surface area contributed by atoms with E-state index in [9.17, 15) is 0 Å². The first kappa shape index (κ1) is 14.9. The van der Waals surface area contributed by atoms with E-state index in [0.717, 1.165) is 19.7 Å². The van der Waals surface area contributed by atoms with E-state index in [-0.39, 0.29) is 0 Å². The molecule has 1 N–H and O–H groups in total. The molecule has 0 atom stereocenters. The monoisotopic (exact) mass is 217 g/mol. The molecule has 0 amide bonds. The fourth-order valence-electron chi connectivity index (χ4n) is 1.37. The van der Waals surface area contributed by atoms with Gasteiger partial charge in [-0.2, -0.15) is 0 Å². The molecule has 0 aliphatic heterocycles. The summed E-state index contributed by atoms with van der Waals surface area (Å²) in [6, 6.07) is 0. The summed E-state index contributed by atoms with van der Waals surface area (Å²) in [4.78, 5) is 0. The highest BCUT2D eigenvalue weighted by Crippen LogP contribution is 2.00. The zero-order chi connectivity index (χ0) is 11.2. The van der Waals surface area contributed by atoms with Crippen LogP contribution in [0.25, 0.3) is 0 Å². The van der Waals surface area contributed by atoms with Crippen molar-refractivity contribution in [2.75, 3.05) is 40.0 Å². The van der Waals surface area contributed by atoms with Gasteiger partial charge in [0.2, 0.25) is 0 Å². The molecule has 0 saturated carbocycles. The molecule has 0 radical (unpaired) electrons. The van der Waals surface area contributed by atoms with Crippen molar-refractivity contribution in [2.24, 2.45) is 0 Å². The summed E-state index contributed by atoms with van der Waals surface area (Å²) in [7, 11) is 1.69. The summed E-state index contributed by atoms with van der Waals surface area (Å²) in [5.74, 6) is 0. The maximum Gasteiger partial charge on any atom is 0.0700 e. The van der Waals surface area contributed by atoms with Crippen molar-refractivity contribution in [1.82, 2.24) is 5.32 Å². The largest absolute Gasteiger partial charge is 0.382 e. The van der Waals surface area contributed by atoms with Crippen LogP contribution < -0.4 is 5.32 Å². The smallest absolute Gasteiger partial charge is 0.0700 e. The summed E-state index contributed by atoms with van der Waals surface area (Å²) in [5.41, 5.74) is 0. The third kappa shape index (κ3) is 13.9. The number of unbranched alkanes of at least 4 members (excludes halogenated alkanes) is 4. The van der Waals surface area contributed by atoms with Crippen LogP contribution in [-0.4, -0.2) is 40.0 Å². The Morgan fingerprint density at radius 2 is 1.67 bits per heavy atom. The van der Waals surface area contributed by atoms with Gasteiger partial charge in [-0.05, 0) is 13.0 Å². The second kappa shape index (κ2) is 13.9. The van der Waals surface area contributed by atoms with E-state index < -0.39 is 0 Å². The minimum Gasteiger partial charge on any atom is -0.382 e. The molecule has 92 valence electrons. The van der Waals surface area contributed by atoms with Gasteiger partial charge in [0.1, 0.15) is 0 Å². The van der Waals surface area contributed by atoms with Gasteiger partial charge in [-0.3, -0.25) is 0 Å². The van der Waals surface area contributed by atoms with Crippen LogP contribution in [-0.2, 0) is 9.47 Å². The minimum atomic E-state index is 0.691. The molecule has 0 aromatic heterocycles. The van der Waals surface area contributed by atoms with E-state index in [1.165, 1.54) is 32.1 Å². The number of hydrogen-bond donors (Lipinski definition) is 1. The molecular formula is C12H27NO2. The molecule has 0 rings (SSSR count). The average molecular weight is 217 g/mol. The Morgan fingerprint density at radius 3 is 2.40 bits per heavy atom. The van der Waals surface area contributed by atoms with E-state index in [1.54, 1.807) is 7.11 Å². The maximum atomic E-state index is 5.33. The highest BCUT2D eigenvalue weighted by molar-refractivity contribution is 4.48. The number of nitrogens with one attached hydrogen (secondary N) is 1. The van der Waals surface area contributed by atoms with Crippen LogP contribution in [0.3, 0.4) is 0 Å². The summed E-state index contributed by atoms with van der Waals surface area (Å²) >= 11 is 0. The lowest BCUT2D eigenvalue weighted by atomic mass is 10.1. The molecule has 3 nitrogen and oxygen atoms in total. The lowest BCUT2D eigenvalue weighted by Crippen LogP contribution is -2.21. The zero-order valence-electron chi connectivity index (χ0n) is 10.4. The lowest BCUT2D eigenvalue weighted by molar-refractivity contribution is 0.0720. The summed E-state index contributed by atoms with van der Waals surface area (Å²) in [5, 5.41) is 3.37. The number of rotatable bonds is 12. The van der Waals surface area contributed by atoms with E-state index >= 15 is 0 Å². The Balaban J connectivity index is 2.81. The molecular weight excluding hydrogens is 190 g/mol. The molecule has 0 aromatic rings. The molecule has 3 heteroatoms. The first-order valence-corrected chi connectivity index (χ1v) is 6.19. The first-order valence-electron chi connectivity index (χ1n) is 6.19. The van der Waals surface area contributed by atoms with E-state index in [2.05, 4.69) is 12.2 Å². The van der Waals surface area contributed by atoms with Crippen molar-refractivity contribution in [1.29, 1.82) is 0 Å². The molecule has 0 aromatic carbocycles. The Labute approximate surface area is 94.5 Å². The van der Waals surface area contributed by atoms with E-state index in [1.807, 2.05) is 0 Å². The van der Waals surface area contributed by atoms with Crippen molar-refractivity contribution in [3.8, 4) is 0 Å². The number of hydrogen-bond acceptors (Lipinski definition) is 3. The average Bonchev–Trinajstić information content (AvgIpc) is 2.26. The molecule has 0 heterocycles. The molecule has 0 fully saturated rings. The molecule has 0 aliphatic carbocycles. The second-order valence-electron chi connectivity index (χ2n) is 3.77. The Bertz CT molecular complexity index is 97.8. The summed E-state index contributed by atoms with van der Waals surface area (Å²) < 4.78 is 10.2. The van der Waals surface area contributed by atoms with Crippen LogP contribution >= 0.6 is 0 Å². The van der Waals surface area contributed by atoms with Gasteiger partial charge in [-0.25, -0.2) is 0 Å². The molecule has 0 spiro atoms. The van der Waals surface area contributed by atoms with Crippen molar-refractivity contribution in [3.05, 3.63) is 0 Å². The quantitative estimate of drug-likeness (QED) is 0.508. The van der Waals surface area contributed by atoms with Crippen LogP contribution in [0.15, 0.2) is 0 Å². The van der Waals surface area contributed by atoms with Crippen LogP contribution in [0.5, 0.6) is 0 Å². The lowest BCUT2D eigenvalue weighted by Gasteiger charge is -2.05. The normalized spacial score (nSPS) is 10.8. The van der Waals surface area contributed by atoms with Crippen LogP contribution in [0.4, 0.5) is 0 Å². The van der Waals surface area contributed by atoms with Crippen molar-refractivity contribution >= 4 is 0 Å². The fraction of sp³-hybridized carbons (Fsp3) is 1.00. The van der Waals surface area contributed by atoms with Gasteiger partial charge in [-0.1, -0.05) is 32.6 Å². The Hall–Kier alpha value is -0.120. The predicted molar refractivity (Wildman–Crippen MR) is 64.3 cm³/mol. The summed E-state index contributed by atoms with van der Waals surface area (Å²) in [6.45, 7) is 6.51. The first-order chi connectivity index (χ1) is 7.41. The molecule has 0 bridgehead atoms. The highest BCUT2D eigenvalue weighted by atomic mass is 16.5. The van der Waals surface area contributed by atoms with Crippen molar-refractivity contribution < 1.29 is 9.47 Å². The third-order valence-corrected chi connectivity index (χ3v) is 2.31. The van der Waals surface area contributed by atoms with Gasteiger partial charge in [-0.15, -0.1) is 0 Å². The van der Waals surface area contributed by atoms with Crippen LogP contribution in [0.2, 0.25) is 0 Å². The standard InChI is InChI=1S/C12H27NO2/c1-3-4-5-6-7-8-13-9-10-15-12-11-14-2/h13H,3-12H2,1-2H3. The maximum absolute atomic E-state index is 5.33. The molecule has 15 heavy (non-hydrogen) atoms. The van der Waals surface area contributed by atoms with Gasteiger partial charge < -0.3 is 14.8 Å². The number of ether oxygens (including phenoxy) is 2. The van der Waals surface area contributed by atoms with Crippen molar-refractivity contribution in [3.63, 3.8) is 0 Å². The fourth-order valence-corrected chi connectivity index (χ4v) is 1.37. The van der Waals surface area contributed by atoms with Gasteiger partial charge in [0, 0.05) is 13.7 Å². The van der Waals surface area contributed by atoms with Gasteiger partial charge in [0.15, 0.2) is 0 Å². The third-order valence-electron chi connectivity index (χ3n) is 2.31. The Kier molecular flexibility index (Phi) is 13.8. The van der Waals surface area contributed by atoms with Gasteiger partial charge in [0.05, 0.1) is 19.8 Å². The van der Waals surface area contributed by atoms with Gasteiger partial charge in [0.25, 0.3) is 0 Å². The molecule has 0 aliphatic rings. The van der Waals surface area contributed by atoms with Crippen LogP contribution in [0, 0.1) is 0 Å². The Morgan fingerprint density at radius 1 is 0.867 bits per heavy atom.